The highest BCUT2D eigenvalue weighted by Crippen LogP contribution is 2.16. The highest BCUT2D eigenvalue weighted by atomic mass is 16.5. The number of benzene rings is 2. The Bertz CT molecular complexity index is 945. The molecule has 0 spiro atoms. The van der Waals surface area contributed by atoms with Crippen molar-refractivity contribution in [3.63, 3.8) is 0 Å². The fraction of sp³-hybridized carbons (Fsp3) is 0.0500. The minimum absolute atomic E-state index is 0.250. The summed E-state index contributed by atoms with van der Waals surface area (Å²) in [6.45, 7) is 0.250. The van der Waals surface area contributed by atoms with Crippen LogP contribution in [0.4, 0.5) is 16.2 Å². The van der Waals surface area contributed by atoms with Crippen molar-refractivity contribution in [2.24, 2.45) is 5.73 Å². The van der Waals surface area contributed by atoms with E-state index in [-0.39, 0.29) is 18.2 Å². The van der Waals surface area contributed by atoms with E-state index in [0.29, 0.717) is 17.1 Å². The third-order valence-electron chi connectivity index (χ3n) is 3.62. The van der Waals surface area contributed by atoms with Gasteiger partial charge in [-0.3, -0.25) is 9.78 Å². The summed E-state index contributed by atoms with van der Waals surface area (Å²) in [6, 6.07) is 17.6. The molecule has 7 heteroatoms. The summed E-state index contributed by atoms with van der Waals surface area (Å²) in [5.41, 5.74) is 7.69. The van der Waals surface area contributed by atoms with E-state index in [0.717, 1.165) is 5.56 Å². The quantitative estimate of drug-likeness (QED) is 0.625. The lowest BCUT2D eigenvalue weighted by molar-refractivity contribution is 0.0999. The van der Waals surface area contributed by atoms with Gasteiger partial charge < -0.3 is 21.1 Å². The Hall–Kier alpha value is -3.87. The molecule has 136 valence electrons. The molecule has 1 aromatic heterocycles. The molecule has 2 aromatic carbocycles. The number of urea groups is 1. The molecule has 1 heterocycles. The Kier molecular flexibility index (Phi) is 5.64. The minimum Gasteiger partial charge on any atom is -0.487 e. The first-order valence-electron chi connectivity index (χ1n) is 8.20. The van der Waals surface area contributed by atoms with Gasteiger partial charge in [0.15, 0.2) is 0 Å². The van der Waals surface area contributed by atoms with E-state index in [1.807, 2.05) is 30.3 Å². The monoisotopic (exact) mass is 362 g/mol. The number of nitrogens with one attached hydrogen (secondary N) is 2. The molecule has 3 rings (SSSR count). The van der Waals surface area contributed by atoms with Crippen LogP contribution in [-0.2, 0) is 6.61 Å². The summed E-state index contributed by atoms with van der Waals surface area (Å²) in [7, 11) is 0. The normalized spacial score (nSPS) is 10.1. The van der Waals surface area contributed by atoms with Gasteiger partial charge in [-0.1, -0.05) is 30.3 Å². The van der Waals surface area contributed by atoms with Gasteiger partial charge in [0.25, 0.3) is 0 Å². The fourth-order valence-electron chi connectivity index (χ4n) is 2.35. The molecule has 0 saturated carbocycles. The Morgan fingerprint density at radius 2 is 1.67 bits per heavy atom. The van der Waals surface area contributed by atoms with Crippen LogP contribution in [0, 0.1) is 0 Å². The smallest absolute Gasteiger partial charge is 0.323 e. The largest absolute Gasteiger partial charge is 0.487 e. The van der Waals surface area contributed by atoms with Crippen LogP contribution >= 0.6 is 0 Å². The molecule has 0 saturated heterocycles. The average molecular weight is 362 g/mol. The van der Waals surface area contributed by atoms with Gasteiger partial charge >= 0.3 is 6.03 Å². The summed E-state index contributed by atoms with van der Waals surface area (Å²) in [5, 5.41) is 5.53. The second kappa shape index (κ2) is 8.48. The number of anilines is 2. The van der Waals surface area contributed by atoms with Crippen molar-refractivity contribution in [1.82, 2.24) is 4.98 Å². The third kappa shape index (κ3) is 5.30. The van der Waals surface area contributed by atoms with Gasteiger partial charge in [0.05, 0.1) is 11.8 Å². The molecule has 7 nitrogen and oxygen atoms in total. The zero-order valence-corrected chi connectivity index (χ0v) is 14.4. The van der Waals surface area contributed by atoms with Crippen LogP contribution in [0.1, 0.15) is 15.9 Å². The van der Waals surface area contributed by atoms with Gasteiger partial charge in [-0.2, -0.15) is 0 Å². The maximum absolute atomic E-state index is 12.1. The number of para-hydroxylation sites is 1. The van der Waals surface area contributed by atoms with Crippen LogP contribution < -0.4 is 21.1 Å². The SMILES string of the molecule is NC(=O)c1cncc(OCc2cccc(NC(=O)Nc3ccccc3)c2)c1. The summed E-state index contributed by atoms with van der Waals surface area (Å²) >= 11 is 0. The number of pyridine rings is 1. The molecular weight excluding hydrogens is 344 g/mol. The topological polar surface area (TPSA) is 106 Å². The first-order chi connectivity index (χ1) is 13.1. The number of hydrogen-bond donors (Lipinski definition) is 3. The number of ether oxygens (including phenoxy) is 1. The molecule has 0 bridgehead atoms. The van der Waals surface area contributed by atoms with Gasteiger partial charge in [-0.25, -0.2) is 4.79 Å². The molecule has 4 N–H and O–H groups in total. The lowest BCUT2D eigenvalue weighted by atomic mass is 10.2. The highest BCUT2D eigenvalue weighted by Gasteiger charge is 2.05. The number of amides is 3. The van der Waals surface area contributed by atoms with Crippen LogP contribution in [0.2, 0.25) is 0 Å². The van der Waals surface area contributed by atoms with E-state index in [1.54, 1.807) is 24.3 Å². The van der Waals surface area contributed by atoms with Crippen LogP contribution in [0.25, 0.3) is 0 Å². The van der Waals surface area contributed by atoms with Crippen molar-refractivity contribution in [1.29, 1.82) is 0 Å². The molecule has 0 fully saturated rings. The second-order valence-corrected chi connectivity index (χ2v) is 5.71. The van der Waals surface area contributed by atoms with E-state index in [2.05, 4.69) is 15.6 Å². The van der Waals surface area contributed by atoms with Crippen molar-refractivity contribution in [3.8, 4) is 5.75 Å². The molecule has 3 amide bonds. The van der Waals surface area contributed by atoms with Gasteiger partial charge in [0.1, 0.15) is 12.4 Å². The molecule has 3 aromatic rings. The molecule has 0 aliphatic rings. The van der Waals surface area contributed by atoms with Crippen molar-refractivity contribution in [2.45, 2.75) is 6.61 Å². The van der Waals surface area contributed by atoms with Crippen molar-refractivity contribution >= 4 is 23.3 Å². The standard InChI is InChI=1S/C20H18N4O3/c21-19(25)15-10-18(12-22-11-15)27-13-14-5-4-8-17(9-14)24-20(26)23-16-6-2-1-3-7-16/h1-12H,13H2,(H2,21,25)(H2,23,24,26). The number of carbonyl (C=O) groups is 2. The van der Waals surface area contributed by atoms with Crippen LogP contribution in [0.15, 0.2) is 73.1 Å². The van der Waals surface area contributed by atoms with Gasteiger partial charge in [-0.15, -0.1) is 0 Å². The molecule has 0 unspecified atom stereocenters. The first kappa shape index (κ1) is 17.9. The van der Waals surface area contributed by atoms with E-state index in [4.69, 9.17) is 10.5 Å². The van der Waals surface area contributed by atoms with Crippen LogP contribution in [0.5, 0.6) is 5.75 Å². The van der Waals surface area contributed by atoms with E-state index in [1.165, 1.54) is 18.5 Å². The maximum Gasteiger partial charge on any atom is 0.323 e. The summed E-state index contributed by atoms with van der Waals surface area (Å²) < 4.78 is 5.64. The van der Waals surface area contributed by atoms with Gasteiger partial charge in [0, 0.05) is 17.6 Å². The lowest BCUT2D eigenvalue weighted by Crippen LogP contribution is -2.19. The summed E-state index contributed by atoms with van der Waals surface area (Å²) in [6.07, 6.45) is 2.88. The Morgan fingerprint density at radius 1 is 0.926 bits per heavy atom. The molecule has 0 atom stereocenters. The molecular formula is C20H18N4O3. The predicted molar refractivity (Wildman–Crippen MR) is 103 cm³/mol. The molecule has 0 aliphatic carbocycles. The van der Waals surface area contributed by atoms with Crippen LogP contribution in [-0.4, -0.2) is 16.9 Å². The number of carbonyl (C=O) groups excluding carboxylic acids is 2. The predicted octanol–water partition coefficient (Wildman–Crippen LogP) is 3.40. The lowest BCUT2D eigenvalue weighted by Gasteiger charge is -2.10. The number of primary amides is 1. The van der Waals surface area contributed by atoms with Gasteiger partial charge in [0.2, 0.25) is 5.91 Å². The van der Waals surface area contributed by atoms with Crippen molar-refractivity contribution in [3.05, 3.63) is 84.2 Å². The van der Waals surface area contributed by atoms with Crippen LogP contribution in [0.3, 0.4) is 0 Å². The fourth-order valence-corrected chi connectivity index (χ4v) is 2.35. The maximum atomic E-state index is 12.1. The molecule has 0 radical (unpaired) electrons. The average Bonchev–Trinajstić information content (AvgIpc) is 2.67. The van der Waals surface area contributed by atoms with E-state index < -0.39 is 5.91 Å². The zero-order valence-electron chi connectivity index (χ0n) is 14.4. The third-order valence-corrected chi connectivity index (χ3v) is 3.62. The zero-order chi connectivity index (χ0) is 19.1. The summed E-state index contributed by atoms with van der Waals surface area (Å²) in [4.78, 5) is 27.2. The van der Waals surface area contributed by atoms with Gasteiger partial charge in [-0.05, 0) is 35.9 Å². The van der Waals surface area contributed by atoms with Crippen molar-refractivity contribution in [2.75, 3.05) is 10.6 Å². The number of hydrogen-bond acceptors (Lipinski definition) is 4. The number of nitrogens with two attached hydrogens (primary N) is 1. The second-order valence-electron chi connectivity index (χ2n) is 5.71. The highest BCUT2D eigenvalue weighted by molar-refractivity contribution is 5.99. The van der Waals surface area contributed by atoms with Crippen molar-refractivity contribution < 1.29 is 14.3 Å². The molecule has 0 aliphatic heterocycles. The number of rotatable bonds is 6. The number of nitrogens with zero attached hydrogens (tertiary/aromatic N) is 1. The summed E-state index contributed by atoms with van der Waals surface area (Å²) in [5.74, 6) is -0.130. The minimum atomic E-state index is -0.566. The first-order valence-corrected chi connectivity index (χ1v) is 8.20. The molecule has 27 heavy (non-hydrogen) atoms. The Labute approximate surface area is 156 Å². The van der Waals surface area contributed by atoms with E-state index in [9.17, 15) is 9.59 Å². The Morgan fingerprint density at radius 3 is 2.44 bits per heavy atom. The van der Waals surface area contributed by atoms with E-state index >= 15 is 0 Å². The number of aromatic nitrogens is 1. The Balaban J connectivity index is 1.59.